The lowest BCUT2D eigenvalue weighted by atomic mass is 10.2. The smallest absolute Gasteiger partial charge is 0.239 e. The van der Waals surface area contributed by atoms with Gasteiger partial charge in [-0.2, -0.15) is 0 Å². The highest BCUT2D eigenvalue weighted by atomic mass is 32.2. The molecule has 7 heteroatoms. The van der Waals surface area contributed by atoms with Gasteiger partial charge in [0, 0.05) is 32.4 Å². The maximum Gasteiger partial charge on any atom is 0.239 e. The highest BCUT2D eigenvalue weighted by Gasteiger charge is 2.24. The molecule has 1 rings (SSSR count). The molecule has 0 spiro atoms. The second-order valence-electron chi connectivity index (χ2n) is 4.65. The molecule has 100 valence electrons. The summed E-state index contributed by atoms with van der Waals surface area (Å²) in [5.74, 6) is -0.171. The van der Waals surface area contributed by atoms with Crippen LogP contribution in [0.2, 0.25) is 0 Å². The molecule has 1 fully saturated rings. The largest absolute Gasteiger partial charge is 0.339 e. The SMILES string of the molecule is CN1CCN(C(=O)[C@@H](N)CCS(C)(=O)=O)CC1. The molecule has 0 aromatic heterocycles. The van der Waals surface area contributed by atoms with E-state index in [0.29, 0.717) is 13.1 Å². The van der Waals surface area contributed by atoms with Gasteiger partial charge in [0.25, 0.3) is 0 Å². The predicted octanol–water partition coefficient (Wildman–Crippen LogP) is -1.48. The average Bonchev–Trinajstić information content (AvgIpc) is 2.25. The van der Waals surface area contributed by atoms with E-state index in [-0.39, 0.29) is 18.1 Å². The normalized spacial score (nSPS) is 20.3. The molecule has 1 aliphatic heterocycles. The molecule has 0 aromatic rings. The third-order valence-electron chi connectivity index (χ3n) is 2.93. The number of hydrogen-bond acceptors (Lipinski definition) is 5. The van der Waals surface area contributed by atoms with Gasteiger partial charge in [0.1, 0.15) is 9.84 Å². The lowest BCUT2D eigenvalue weighted by molar-refractivity contribution is -0.134. The number of likely N-dealkylation sites (N-methyl/N-ethyl adjacent to an activating group) is 1. The Morgan fingerprint density at radius 3 is 2.29 bits per heavy atom. The summed E-state index contributed by atoms with van der Waals surface area (Å²) in [5, 5.41) is 0. The molecule has 0 radical (unpaired) electrons. The highest BCUT2D eigenvalue weighted by Crippen LogP contribution is 2.04. The Hall–Kier alpha value is -0.660. The van der Waals surface area contributed by atoms with Crippen LogP contribution in [0.3, 0.4) is 0 Å². The van der Waals surface area contributed by atoms with Crippen LogP contribution in [0.4, 0.5) is 0 Å². The number of carbonyl (C=O) groups is 1. The molecule has 1 amide bonds. The van der Waals surface area contributed by atoms with Crippen molar-refractivity contribution in [1.29, 1.82) is 0 Å². The van der Waals surface area contributed by atoms with Gasteiger partial charge >= 0.3 is 0 Å². The van der Waals surface area contributed by atoms with E-state index < -0.39 is 15.9 Å². The minimum absolute atomic E-state index is 0.0341. The zero-order valence-electron chi connectivity index (χ0n) is 10.4. The van der Waals surface area contributed by atoms with Crippen molar-refractivity contribution in [2.75, 3.05) is 45.2 Å². The maximum atomic E-state index is 11.9. The molecule has 0 aromatic carbocycles. The summed E-state index contributed by atoms with van der Waals surface area (Å²) in [6.07, 6.45) is 1.35. The molecule has 1 aliphatic rings. The van der Waals surface area contributed by atoms with Crippen LogP contribution in [-0.4, -0.2) is 75.4 Å². The molecular formula is C10H21N3O3S. The monoisotopic (exact) mass is 263 g/mol. The second kappa shape index (κ2) is 5.79. The average molecular weight is 263 g/mol. The molecule has 6 nitrogen and oxygen atoms in total. The van der Waals surface area contributed by atoms with Gasteiger partial charge in [-0.05, 0) is 13.5 Å². The van der Waals surface area contributed by atoms with E-state index in [4.69, 9.17) is 5.73 Å². The molecule has 17 heavy (non-hydrogen) atoms. The van der Waals surface area contributed by atoms with Gasteiger partial charge in [0.2, 0.25) is 5.91 Å². The number of nitrogens with zero attached hydrogens (tertiary/aromatic N) is 2. The van der Waals surface area contributed by atoms with Gasteiger partial charge in [0.05, 0.1) is 11.8 Å². The molecule has 1 heterocycles. The minimum Gasteiger partial charge on any atom is -0.339 e. The van der Waals surface area contributed by atoms with Crippen LogP contribution in [-0.2, 0) is 14.6 Å². The van der Waals surface area contributed by atoms with Crippen LogP contribution in [0.1, 0.15) is 6.42 Å². The van der Waals surface area contributed by atoms with Gasteiger partial charge in [0.15, 0.2) is 0 Å². The Bertz CT molecular complexity index is 361. The standard InChI is InChI=1S/C10H21N3O3S/c1-12-4-6-13(7-5-12)10(14)9(11)3-8-17(2,15)16/h9H,3-8,11H2,1-2H3/t9-/m0/s1. The summed E-state index contributed by atoms with van der Waals surface area (Å²) in [6, 6.07) is -0.701. The van der Waals surface area contributed by atoms with Crippen molar-refractivity contribution in [3.63, 3.8) is 0 Å². The third kappa shape index (κ3) is 5.01. The van der Waals surface area contributed by atoms with Crippen molar-refractivity contribution in [1.82, 2.24) is 9.80 Å². The van der Waals surface area contributed by atoms with Crippen LogP contribution >= 0.6 is 0 Å². The Kier molecular flexibility index (Phi) is 4.91. The topological polar surface area (TPSA) is 83.7 Å². The second-order valence-corrected chi connectivity index (χ2v) is 6.91. The Morgan fingerprint density at radius 1 is 1.29 bits per heavy atom. The first-order valence-electron chi connectivity index (χ1n) is 5.70. The van der Waals surface area contributed by atoms with Crippen LogP contribution in [0, 0.1) is 0 Å². The van der Waals surface area contributed by atoms with Crippen molar-refractivity contribution in [3.05, 3.63) is 0 Å². The van der Waals surface area contributed by atoms with Gasteiger partial charge in [-0.3, -0.25) is 4.79 Å². The highest BCUT2D eigenvalue weighted by molar-refractivity contribution is 7.90. The lowest BCUT2D eigenvalue weighted by Crippen LogP contribution is -2.52. The van der Waals surface area contributed by atoms with Gasteiger partial charge < -0.3 is 15.5 Å². The van der Waals surface area contributed by atoms with Crippen LogP contribution in [0.15, 0.2) is 0 Å². The van der Waals surface area contributed by atoms with Gasteiger partial charge in [-0.1, -0.05) is 0 Å². The number of piperazine rings is 1. The van der Waals surface area contributed by atoms with Crippen molar-refractivity contribution in [3.8, 4) is 0 Å². The molecule has 0 bridgehead atoms. The molecular weight excluding hydrogens is 242 g/mol. The molecule has 1 saturated heterocycles. The number of rotatable bonds is 4. The van der Waals surface area contributed by atoms with Crippen LogP contribution in [0.25, 0.3) is 0 Å². The van der Waals surface area contributed by atoms with E-state index in [0.717, 1.165) is 19.3 Å². The predicted molar refractivity (Wildman–Crippen MR) is 66.4 cm³/mol. The zero-order chi connectivity index (χ0) is 13.1. The number of nitrogens with two attached hydrogens (primary N) is 1. The van der Waals surface area contributed by atoms with E-state index in [9.17, 15) is 13.2 Å². The zero-order valence-corrected chi connectivity index (χ0v) is 11.2. The van der Waals surface area contributed by atoms with Crippen molar-refractivity contribution < 1.29 is 13.2 Å². The van der Waals surface area contributed by atoms with Crippen LogP contribution < -0.4 is 5.73 Å². The summed E-state index contributed by atoms with van der Waals surface area (Å²) < 4.78 is 22.0. The van der Waals surface area contributed by atoms with Gasteiger partial charge in [-0.15, -0.1) is 0 Å². The van der Waals surface area contributed by atoms with E-state index in [1.54, 1.807) is 4.90 Å². The molecule has 2 N–H and O–H groups in total. The van der Waals surface area contributed by atoms with Crippen molar-refractivity contribution >= 4 is 15.7 Å². The Balaban J connectivity index is 2.41. The Labute approximate surface area is 103 Å². The van der Waals surface area contributed by atoms with E-state index in [1.165, 1.54) is 0 Å². The number of sulfone groups is 1. The maximum absolute atomic E-state index is 11.9. The number of amides is 1. The summed E-state index contributed by atoms with van der Waals surface area (Å²) in [6.45, 7) is 3.01. The quantitative estimate of drug-likeness (QED) is 0.669. The summed E-state index contributed by atoms with van der Waals surface area (Å²) in [4.78, 5) is 15.8. The van der Waals surface area contributed by atoms with E-state index in [2.05, 4.69) is 4.90 Å². The Morgan fingerprint density at radius 2 is 1.82 bits per heavy atom. The summed E-state index contributed by atoms with van der Waals surface area (Å²) >= 11 is 0. The summed E-state index contributed by atoms with van der Waals surface area (Å²) in [5.41, 5.74) is 5.72. The first kappa shape index (κ1) is 14.4. The molecule has 0 unspecified atom stereocenters. The number of hydrogen-bond donors (Lipinski definition) is 1. The number of carbonyl (C=O) groups excluding carboxylic acids is 1. The van der Waals surface area contributed by atoms with E-state index in [1.807, 2.05) is 7.05 Å². The fourth-order valence-corrected chi connectivity index (χ4v) is 2.41. The third-order valence-corrected chi connectivity index (χ3v) is 3.91. The molecule has 0 saturated carbocycles. The summed E-state index contributed by atoms with van der Waals surface area (Å²) in [7, 11) is -1.05. The van der Waals surface area contributed by atoms with E-state index >= 15 is 0 Å². The van der Waals surface area contributed by atoms with Crippen LogP contribution in [0.5, 0.6) is 0 Å². The molecule has 1 atom stereocenters. The fraction of sp³-hybridized carbons (Fsp3) is 0.900. The molecule has 0 aliphatic carbocycles. The first-order valence-corrected chi connectivity index (χ1v) is 7.76. The van der Waals surface area contributed by atoms with Crippen molar-refractivity contribution in [2.24, 2.45) is 5.73 Å². The van der Waals surface area contributed by atoms with Crippen molar-refractivity contribution in [2.45, 2.75) is 12.5 Å². The fourth-order valence-electron chi connectivity index (χ4n) is 1.73. The minimum atomic E-state index is -3.05. The first-order chi connectivity index (χ1) is 7.79. The lowest BCUT2D eigenvalue weighted by Gasteiger charge is -2.33. The van der Waals surface area contributed by atoms with Gasteiger partial charge in [-0.25, -0.2) is 8.42 Å².